The zero-order valence-electron chi connectivity index (χ0n) is 11.0. The molecule has 0 amide bonds. The lowest BCUT2D eigenvalue weighted by molar-refractivity contribution is -0.0421. The van der Waals surface area contributed by atoms with Crippen LogP contribution < -0.4 is 10.6 Å². The van der Waals surface area contributed by atoms with Gasteiger partial charge in [0, 0.05) is 24.8 Å². The predicted molar refractivity (Wildman–Crippen MR) is 72.7 cm³/mol. The van der Waals surface area contributed by atoms with E-state index in [0.29, 0.717) is 6.54 Å². The van der Waals surface area contributed by atoms with E-state index in [-0.39, 0.29) is 24.9 Å². The van der Waals surface area contributed by atoms with Crippen molar-refractivity contribution < 1.29 is 9.84 Å². The molecule has 1 aliphatic rings. The number of anilines is 1. The molecule has 18 heavy (non-hydrogen) atoms. The summed E-state index contributed by atoms with van der Waals surface area (Å²) in [5, 5.41) is 9.28. The summed E-state index contributed by atoms with van der Waals surface area (Å²) in [6, 6.07) is 8.19. The maximum Gasteiger partial charge on any atom is 0.0984 e. The van der Waals surface area contributed by atoms with Crippen molar-refractivity contribution in [2.75, 3.05) is 24.6 Å². The van der Waals surface area contributed by atoms with Gasteiger partial charge in [-0.15, -0.1) is 0 Å². The third-order valence-corrected chi connectivity index (χ3v) is 3.30. The summed E-state index contributed by atoms with van der Waals surface area (Å²) in [5.74, 6) is 0. The maximum atomic E-state index is 9.28. The van der Waals surface area contributed by atoms with E-state index < -0.39 is 0 Å². The van der Waals surface area contributed by atoms with E-state index in [1.807, 2.05) is 26.0 Å². The summed E-state index contributed by atoms with van der Waals surface area (Å²) in [4.78, 5) is 2.26. The SMILES string of the molecule is CC1CN(c2ccccc2C(C)N)CC(CO)O1. The van der Waals surface area contributed by atoms with Gasteiger partial charge in [0.2, 0.25) is 0 Å². The van der Waals surface area contributed by atoms with E-state index in [9.17, 15) is 5.11 Å². The Labute approximate surface area is 108 Å². The number of rotatable bonds is 3. The van der Waals surface area contributed by atoms with E-state index in [0.717, 1.165) is 17.8 Å². The third kappa shape index (κ3) is 2.83. The molecule has 0 aromatic heterocycles. The fourth-order valence-corrected chi connectivity index (χ4v) is 2.50. The first-order valence-electron chi connectivity index (χ1n) is 6.47. The minimum Gasteiger partial charge on any atom is -0.394 e. The monoisotopic (exact) mass is 250 g/mol. The molecule has 4 heteroatoms. The molecule has 1 heterocycles. The summed E-state index contributed by atoms with van der Waals surface area (Å²) in [7, 11) is 0. The quantitative estimate of drug-likeness (QED) is 0.849. The Bertz CT molecular complexity index is 395. The number of nitrogens with zero attached hydrogens (tertiary/aromatic N) is 1. The molecule has 1 saturated heterocycles. The molecule has 0 spiro atoms. The first-order valence-corrected chi connectivity index (χ1v) is 6.47. The number of aliphatic hydroxyl groups is 1. The summed E-state index contributed by atoms with van der Waals surface area (Å²) in [6.45, 7) is 5.63. The molecule has 2 rings (SSSR count). The first kappa shape index (κ1) is 13.3. The molecule has 3 N–H and O–H groups in total. The summed E-state index contributed by atoms with van der Waals surface area (Å²) in [5.41, 5.74) is 8.31. The average Bonchev–Trinajstić information content (AvgIpc) is 2.38. The third-order valence-electron chi connectivity index (χ3n) is 3.30. The van der Waals surface area contributed by atoms with Crippen LogP contribution in [0.5, 0.6) is 0 Å². The molecule has 0 radical (unpaired) electrons. The molecule has 1 aromatic carbocycles. The number of morpholine rings is 1. The lowest BCUT2D eigenvalue weighted by Crippen LogP contribution is -2.48. The molecule has 0 saturated carbocycles. The molecule has 1 aliphatic heterocycles. The lowest BCUT2D eigenvalue weighted by Gasteiger charge is -2.38. The average molecular weight is 250 g/mol. The van der Waals surface area contributed by atoms with Gasteiger partial charge < -0.3 is 20.5 Å². The number of hydrogen-bond acceptors (Lipinski definition) is 4. The Hall–Kier alpha value is -1.10. The normalized spacial score (nSPS) is 26.1. The Morgan fingerprint density at radius 3 is 2.83 bits per heavy atom. The van der Waals surface area contributed by atoms with Gasteiger partial charge in [0.15, 0.2) is 0 Å². The van der Waals surface area contributed by atoms with Crippen LogP contribution in [0.25, 0.3) is 0 Å². The minimum absolute atomic E-state index is 0.00641. The van der Waals surface area contributed by atoms with Crippen LogP contribution in [0, 0.1) is 0 Å². The van der Waals surface area contributed by atoms with Crippen molar-refractivity contribution >= 4 is 5.69 Å². The number of benzene rings is 1. The number of aliphatic hydroxyl groups excluding tert-OH is 1. The van der Waals surface area contributed by atoms with Gasteiger partial charge in [0.05, 0.1) is 18.8 Å². The Balaban J connectivity index is 2.25. The van der Waals surface area contributed by atoms with Crippen LogP contribution in [0.4, 0.5) is 5.69 Å². The Morgan fingerprint density at radius 1 is 1.44 bits per heavy atom. The second-order valence-corrected chi connectivity index (χ2v) is 5.00. The highest BCUT2D eigenvalue weighted by Gasteiger charge is 2.26. The highest BCUT2D eigenvalue weighted by atomic mass is 16.5. The van der Waals surface area contributed by atoms with E-state index >= 15 is 0 Å². The molecule has 0 bridgehead atoms. The smallest absolute Gasteiger partial charge is 0.0984 e. The molecule has 1 fully saturated rings. The van der Waals surface area contributed by atoms with Gasteiger partial charge in [0.1, 0.15) is 0 Å². The van der Waals surface area contributed by atoms with E-state index in [1.165, 1.54) is 0 Å². The van der Waals surface area contributed by atoms with Crippen molar-refractivity contribution in [3.05, 3.63) is 29.8 Å². The molecule has 1 aromatic rings. The van der Waals surface area contributed by atoms with Crippen molar-refractivity contribution in [3.8, 4) is 0 Å². The van der Waals surface area contributed by atoms with Gasteiger partial charge in [-0.1, -0.05) is 18.2 Å². The predicted octanol–water partition coefficient (Wildman–Crippen LogP) is 1.29. The standard InChI is InChI=1S/C14H22N2O2/c1-10-7-16(8-12(9-17)18-10)14-6-4-3-5-13(14)11(2)15/h3-6,10-12,17H,7-9,15H2,1-2H3. The van der Waals surface area contributed by atoms with Crippen LogP contribution in [-0.4, -0.2) is 37.0 Å². The molecule has 3 atom stereocenters. The number of hydrogen-bond donors (Lipinski definition) is 2. The highest BCUT2D eigenvalue weighted by molar-refractivity contribution is 5.55. The van der Waals surface area contributed by atoms with Crippen LogP contribution in [0.1, 0.15) is 25.5 Å². The van der Waals surface area contributed by atoms with E-state index in [1.54, 1.807) is 0 Å². The van der Waals surface area contributed by atoms with Gasteiger partial charge in [-0.05, 0) is 25.5 Å². The zero-order valence-corrected chi connectivity index (χ0v) is 11.0. The van der Waals surface area contributed by atoms with Crippen molar-refractivity contribution in [1.82, 2.24) is 0 Å². The van der Waals surface area contributed by atoms with Gasteiger partial charge >= 0.3 is 0 Å². The summed E-state index contributed by atoms with van der Waals surface area (Å²) in [6.07, 6.45) is 0.00641. The molecule has 4 nitrogen and oxygen atoms in total. The zero-order chi connectivity index (χ0) is 13.1. The fourth-order valence-electron chi connectivity index (χ4n) is 2.50. The lowest BCUT2D eigenvalue weighted by atomic mass is 10.0. The van der Waals surface area contributed by atoms with Gasteiger partial charge in [0.25, 0.3) is 0 Å². The summed E-state index contributed by atoms with van der Waals surface area (Å²) >= 11 is 0. The van der Waals surface area contributed by atoms with Gasteiger partial charge in [-0.2, -0.15) is 0 Å². The highest BCUT2D eigenvalue weighted by Crippen LogP contribution is 2.27. The molecular formula is C14H22N2O2. The summed E-state index contributed by atoms with van der Waals surface area (Å²) < 4.78 is 5.66. The van der Waals surface area contributed by atoms with E-state index in [4.69, 9.17) is 10.5 Å². The second-order valence-electron chi connectivity index (χ2n) is 5.00. The topological polar surface area (TPSA) is 58.7 Å². The fraction of sp³-hybridized carbons (Fsp3) is 0.571. The molecular weight excluding hydrogens is 228 g/mol. The number of para-hydroxylation sites is 1. The molecule has 100 valence electrons. The Kier molecular flexibility index (Phi) is 4.22. The van der Waals surface area contributed by atoms with Crippen LogP contribution in [-0.2, 0) is 4.74 Å². The Morgan fingerprint density at radius 2 is 2.17 bits per heavy atom. The molecule has 3 unspecified atom stereocenters. The van der Waals surface area contributed by atoms with Crippen molar-refractivity contribution in [1.29, 1.82) is 0 Å². The number of nitrogens with two attached hydrogens (primary N) is 1. The van der Waals surface area contributed by atoms with Crippen LogP contribution >= 0.6 is 0 Å². The van der Waals surface area contributed by atoms with Crippen molar-refractivity contribution in [2.24, 2.45) is 5.73 Å². The van der Waals surface area contributed by atoms with Crippen LogP contribution in [0.15, 0.2) is 24.3 Å². The van der Waals surface area contributed by atoms with Crippen molar-refractivity contribution in [2.45, 2.75) is 32.1 Å². The van der Waals surface area contributed by atoms with Gasteiger partial charge in [-0.25, -0.2) is 0 Å². The van der Waals surface area contributed by atoms with Gasteiger partial charge in [-0.3, -0.25) is 0 Å². The largest absolute Gasteiger partial charge is 0.394 e. The minimum atomic E-state index is -0.116. The van der Waals surface area contributed by atoms with Crippen molar-refractivity contribution in [3.63, 3.8) is 0 Å². The van der Waals surface area contributed by atoms with Crippen LogP contribution in [0.3, 0.4) is 0 Å². The molecule has 0 aliphatic carbocycles. The second kappa shape index (κ2) is 5.69. The maximum absolute atomic E-state index is 9.28. The number of ether oxygens (including phenoxy) is 1. The van der Waals surface area contributed by atoms with E-state index in [2.05, 4.69) is 17.0 Å². The van der Waals surface area contributed by atoms with Crippen LogP contribution in [0.2, 0.25) is 0 Å². The first-order chi connectivity index (χ1) is 8.61.